The third-order valence-electron chi connectivity index (χ3n) is 4.03. The van der Waals surface area contributed by atoms with Crippen molar-refractivity contribution in [2.24, 2.45) is 0 Å². The van der Waals surface area contributed by atoms with Crippen molar-refractivity contribution < 1.29 is 14.6 Å². The summed E-state index contributed by atoms with van der Waals surface area (Å²) >= 11 is 0. The standard InChI is InChI=1S/C18H20O3/c1-20-16-8-9-17-14(3-2-10-21-18(17)12-16)11-13-4-6-15(19)7-5-13/h4-9,12,14,19H,2-3,10-11H2,1H3. The van der Waals surface area contributed by atoms with E-state index in [9.17, 15) is 5.11 Å². The largest absolute Gasteiger partial charge is 0.508 e. The van der Waals surface area contributed by atoms with Crippen LogP contribution in [0.4, 0.5) is 0 Å². The fourth-order valence-corrected chi connectivity index (χ4v) is 2.90. The Morgan fingerprint density at radius 1 is 1.19 bits per heavy atom. The van der Waals surface area contributed by atoms with Crippen molar-refractivity contribution in [3.05, 3.63) is 53.6 Å². The molecular weight excluding hydrogens is 264 g/mol. The van der Waals surface area contributed by atoms with Gasteiger partial charge in [-0.25, -0.2) is 0 Å². The van der Waals surface area contributed by atoms with Gasteiger partial charge in [0.05, 0.1) is 13.7 Å². The number of hydrogen-bond acceptors (Lipinski definition) is 3. The van der Waals surface area contributed by atoms with Crippen molar-refractivity contribution >= 4 is 0 Å². The maximum Gasteiger partial charge on any atom is 0.126 e. The van der Waals surface area contributed by atoms with E-state index in [1.165, 1.54) is 11.1 Å². The normalized spacial score (nSPS) is 17.5. The zero-order valence-corrected chi connectivity index (χ0v) is 12.2. The number of phenolic OH excluding ortho intramolecular Hbond substituents is 1. The second-order valence-electron chi connectivity index (χ2n) is 5.46. The van der Waals surface area contributed by atoms with E-state index in [-0.39, 0.29) is 0 Å². The quantitative estimate of drug-likeness (QED) is 0.929. The first-order chi connectivity index (χ1) is 10.3. The summed E-state index contributed by atoms with van der Waals surface area (Å²) in [5, 5.41) is 9.39. The molecule has 110 valence electrons. The Labute approximate surface area is 125 Å². The van der Waals surface area contributed by atoms with E-state index in [2.05, 4.69) is 6.07 Å². The van der Waals surface area contributed by atoms with Crippen LogP contribution in [-0.2, 0) is 6.42 Å². The van der Waals surface area contributed by atoms with Gasteiger partial charge in [0.25, 0.3) is 0 Å². The number of phenols is 1. The first-order valence-corrected chi connectivity index (χ1v) is 7.35. The summed E-state index contributed by atoms with van der Waals surface area (Å²) in [7, 11) is 1.67. The van der Waals surface area contributed by atoms with Crippen molar-refractivity contribution in [3.8, 4) is 17.2 Å². The highest BCUT2D eigenvalue weighted by Gasteiger charge is 2.20. The van der Waals surface area contributed by atoms with Crippen LogP contribution in [0.15, 0.2) is 42.5 Å². The van der Waals surface area contributed by atoms with E-state index in [0.29, 0.717) is 11.7 Å². The molecule has 1 unspecified atom stereocenters. The molecule has 3 heteroatoms. The Kier molecular flexibility index (Phi) is 4.00. The van der Waals surface area contributed by atoms with Crippen molar-refractivity contribution in [3.63, 3.8) is 0 Å². The number of aromatic hydroxyl groups is 1. The Bertz CT molecular complexity index is 604. The fraction of sp³-hybridized carbons (Fsp3) is 0.333. The molecule has 0 saturated heterocycles. The number of benzene rings is 2. The monoisotopic (exact) mass is 284 g/mol. The molecule has 1 aliphatic heterocycles. The predicted octanol–water partition coefficient (Wildman–Crippen LogP) is 3.90. The Morgan fingerprint density at radius 2 is 2.00 bits per heavy atom. The highest BCUT2D eigenvalue weighted by atomic mass is 16.5. The molecule has 3 rings (SSSR count). The van der Waals surface area contributed by atoms with Crippen LogP contribution in [0.1, 0.15) is 29.9 Å². The number of hydrogen-bond donors (Lipinski definition) is 1. The molecule has 21 heavy (non-hydrogen) atoms. The van der Waals surface area contributed by atoms with Gasteiger partial charge in [-0.1, -0.05) is 18.2 Å². The maximum absolute atomic E-state index is 9.39. The topological polar surface area (TPSA) is 38.7 Å². The molecule has 0 amide bonds. The molecule has 0 bridgehead atoms. The Morgan fingerprint density at radius 3 is 2.76 bits per heavy atom. The Balaban J connectivity index is 1.87. The smallest absolute Gasteiger partial charge is 0.126 e. The Hall–Kier alpha value is -2.16. The second-order valence-corrected chi connectivity index (χ2v) is 5.46. The lowest BCUT2D eigenvalue weighted by Crippen LogP contribution is -2.02. The maximum atomic E-state index is 9.39. The zero-order chi connectivity index (χ0) is 14.7. The minimum atomic E-state index is 0.313. The molecular formula is C18H20O3. The highest BCUT2D eigenvalue weighted by molar-refractivity contribution is 5.44. The molecule has 1 atom stereocenters. The molecule has 2 aromatic rings. The van der Waals surface area contributed by atoms with Crippen molar-refractivity contribution in [2.45, 2.75) is 25.2 Å². The highest BCUT2D eigenvalue weighted by Crippen LogP contribution is 2.37. The summed E-state index contributed by atoms with van der Waals surface area (Å²) in [6.07, 6.45) is 3.13. The summed E-state index contributed by atoms with van der Waals surface area (Å²) in [6.45, 7) is 0.756. The van der Waals surface area contributed by atoms with Gasteiger partial charge in [-0.2, -0.15) is 0 Å². The van der Waals surface area contributed by atoms with Gasteiger partial charge < -0.3 is 14.6 Å². The van der Waals surface area contributed by atoms with Gasteiger partial charge in [-0.3, -0.25) is 0 Å². The summed E-state index contributed by atoms with van der Waals surface area (Å²) in [5.74, 6) is 2.53. The summed E-state index contributed by atoms with van der Waals surface area (Å²) in [6, 6.07) is 13.6. The number of ether oxygens (including phenoxy) is 2. The molecule has 1 heterocycles. The molecule has 3 nitrogen and oxygen atoms in total. The van der Waals surface area contributed by atoms with Crippen LogP contribution >= 0.6 is 0 Å². The number of fused-ring (bicyclic) bond motifs is 1. The summed E-state index contributed by atoms with van der Waals surface area (Å²) < 4.78 is 11.1. The average Bonchev–Trinajstić information content (AvgIpc) is 2.71. The van der Waals surface area contributed by atoms with Crippen LogP contribution in [0.25, 0.3) is 0 Å². The molecule has 0 radical (unpaired) electrons. The van der Waals surface area contributed by atoms with Crippen LogP contribution in [0.5, 0.6) is 17.2 Å². The van der Waals surface area contributed by atoms with Gasteiger partial charge in [0.2, 0.25) is 0 Å². The lowest BCUT2D eigenvalue weighted by molar-refractivity contribution is 0.313. The van der Waals surface area contributed by atoms with E-state index in [4.69, 9.17) is 9.47 Å². The first-order valence-electron chi connectivity index (χ1n) is 7.35. The fourth-order valence-electron chi connectivity index (χ4n) is 2.90. The van der Waals surface area contributed by atoms with E-state index >= 15 is 0 Å². The lowest BCUT2D eigenvalue weighted by atomic mass is 9.88. The van der Waals surface area contributed by atoms with Gasteiger partial charge in [-0.15, -0.1) is 0 Å². The van der Waals surface area contributed by atoms with Gasteiger partial charge in [0, 0.05) is 6.07 Å². The van der Waals surface area contributed by atoms with Crippen molar-refractivity contribution in [1.82, 2.24) is 0 Å². The molecule has 0 aromatic heterocycles. The van der Waals surface area contributed by atoms with Crippen LogP contribution in [0.2, 0.25) is 0 Å². The third-order valence-corrected chi connectivity index (χ3v) is 4.03. The predicted molar refractivity (Wildman–Crippen MR) is 82.3 cm³/mol. The average molecular weight is 284 g/mol. The van der Waals surface area contributed by atoms with Crippen LogP contribution in [0.3, 0.4) is 0 Å². The molecule has 1 N–H and O–H groups in total. The number of rotatable bonds is 3. The van der Waals surface area contributed by atoms with Gasteiger partial charge in [0.15, 0.2) is 0 Å². The van der Waals surface area contributed by atoms with Crippen molar-refractivity contribution in [1.29, 1.82) is 0 Å². The third kappa shape index (κ3) is 3.13. The van der Waals surface area contributed by atoms with Crippen LogP contribution < -0.4 is 9.47 Å². The van der Waals surface area contributed by atoms with Crippen LogP contribution in [0, 0.1) is 0 Å². The van der Waals surface area contributed by atoms with E-state index in [1.807, 2.05) is 24.3 Å². The summed E-state index contributed by atoms with van der Waals surface area (Å²) in [5.41, 5.74) is 2.49. The molecule has 0 aliphatic carbocycles. The SMILES string of the molecule is COc1ccc2c(c1)OCCCC2Cc1ccc(O)cc1. The lowest BCUT2D eigenvalue weighted by Gasteiger charge is -2.17. The second kappa shape index (κ2) is 6.08. The number of methoxy groups -OCH3 is 1. The molecule has 0 saturated carbocycles. The van der Waals surface area contributed by atoms with Crippen molar-refractivity contribution in [2.75, 3.05) is 13.7 Å². The zero-order valence-electron chi connectivity index (χ0n) is 12.2. The summed E-state index contributed by atoms with van der Waals surface area (Å²) in [4.78, 5) is 0. The molecule has 0 fully saturated rings. The van der Waals surface area contributed by atoms with E-state index < -0.39 is 0 Å². The van der Waals surface area contributed by atoms with Crippen LogP contribution in [-0.4, -0.2) is 18.8 Å². The molecule has 1 aliphatic rings. The minimum Gasteiger partial charge on any atom is -0.508 e. The van der Waals surface area contributed by atoms with E-state index in [1.54, 1.807) is 19.2 Å². The molecule has 2 aromatic carbocycles. The van der Waals surface area contributed by atoms with Gasteiger partial charge in [0.1, 0.15) is 17.2 Å². The van der Waals surface area contributed by atoms with Gasteiger partial charge in [-0.05, 0) is 54.5 Å². The van der Waals surface area contributed by atoms with Gasteiger partial charge >= 0.3 is 0 Å². The first kappa shape index (κ1) is 13.8. The minimum absolute atomic E-state index is 0.313. The van der Waals surface area contributed by atoms with E-state index in [0.717, 1.165) is 37.4 Å². The molecule has 0 spiro atoms.